The monoisotopic (exact) mass is 351 g/mol. The van der Waals surface area contributed by atoms with Crippen LogP contribution in [0.15, 0.2) is 36.5 Å². The van der Waals surface area contributed by atoms with Gasteiger partial charge in [0.2, 0.25) is 11.8 Å². The molecule has 1 fully saturated rings. The molecule has 1 aliphatic rings. The van der Waals surface area contributed by atoms with E-state index in [1.807, 2.05) is 43.5 Å². The second-order valence-electron chi connectivity index (χ2n) is 6.72. The Morgan fingerprint density at radius 2 is 2.19 bits per heavy atom. The van der Waals surface area contributed by atoms with E-state index >= 15 is 0 Å². The third-order valence-electron chi connectivity index (χ3n) is 4.90. The second-order valence-corrected chi connectivity index (χ2v) is 6.72. The van der Waals surface area contributed by atoms with Crippen LogP contribution in [0.3, 0.4) is 0 Å². The minimum absolute atomic E-state index is 0.0108. The number of nitrogens with zero attached hydrogens (tertiary/aromatic N) is 3. The first-order chi connectivity index (χ1) is 12.5. The van der Waals surface area contributed by atoms with Crippen molar-refractivity contribution in [2.75, 3.05) is 5.32 Å². The number of amides is 2. The van der Waals surface area contributed by atoms with Gasteiger partial charge >= 0.3 is 0 Å². The molecule has 2 N–H and O–H groups in total. The fourth-order valence-corrected chi connectivity index (χ4v) is 3.59. The zero-order chi connectivity index (χ0) is 18.3. The maximum atomic E-state index is 12.8. The van der Waals surface area contributed by atoms with Gasteiger partial charge in [0.25, 0.3) is 0 Å². The number of nitrogens with one attached hydrogen (secondary N) is 2. The smallest absolute Gasteiger partial charge is 0.248 e. The summed E-state index contributed by atoms with van der Waals surface area (Å²) in [6, 6.07) is 9.32. The number of aromatic nitrogens is 3. The number of aryl methyl sites for hydroxylation is 2. The average Bonchev–Trinajstić information content (AvgIpc) is 3.27. The van der Waals surface area contributed by atoms with Crippen molar-refractivity contribution in [1.82, 2.24) is 19.7 Å². The lowest BCUT2D eigenvalue weighted by atomic mass is 10.1. The van der Waals surface area contributed by atoms with Crippen LogP contribution >= 0.6 is 0 Å². The van der Waals surface area contributed by atoms with Gasteiger partial charge < -0.3 is 15.2 Å². The molecule has 2 amide bonds. The number of para-hydroxylation sites is 1. The molecule has 2 aromatic heterocycles. The van der Waals surface area contributed by atoms with Gasteiger partial charge in [-0.2, -0.15) is 5.10 Å². The molecule has 7 nitrogen and oxygen atoms in total. The van der Waals surface area contributed by atoms with Gasteiger partial charge in [0.1, 0.15) is 11.9 Å². The highest BCUT2D eigenvalue weighted by atomic mass is 16.2. The van der Waals surface area contributed by atoms with Gasteiger partial charge in [-0.15, -0.1) is 0 Å². The highest BCUT2D eigenvalue weighted by Crippen LogP contribution is 2.26. The summed E-state index contributed by atoms with van der Waals surface area (Å²) in [6.45, 7) is 2.30. The molecule has 0 bridgehead atoms. The molecule has 0 spiro atoms. The molecule has 1 atom stereocenters. The molecule has 4 rings (SSSR count). The molecule has 7 heteroatoms. The molecule has 0 saturated carbocycles. The number of carbonyl (C=O) groups excluding carboxylic acids is 2. The van der Waals surface area contributed by atoms with Crippen LogP contribution < -0.4 is 5.32 Å². The van der Waals surface area contributed by atoms with Gasteiger partial charge in [0, 0.05) is 43.2 Å². The first-order valence-corrected chi connectivity index (χ1v) is 8.69. The van der Waals surface area contributed by atoms with E-state index in [4.69, 9.17) is 0 Å². The molecule has 134 valence electrons. The Bertz CT molecular complexity index is 987. The Morgan fingerprint density at radius 3 is 2.96 bits per heavy atom. The standard InChI is InChI=1S/C19H21N5O2/c1-12-9-17(23(2)22-12)21-19(26)16-7-8-18(25)24(16)11-13-10-20-15-6-4-3-5-14(13)15/h3-6,9-10,16,20H,7-8,11H2,1-2H3,(H,21,26). The first kappa shape index (κ1) is 16.4. The highest BCUT2D eigenvalue weighted by molar-refractivity contribution is 5.98. The molecule has 3 aromatic rings. The molecule has 26 heavy (non-hydrogen) atoms. The van der Waals surface area contributed by atoms with Crippen LogP contribution in [0.4, 0.5) is 5.82 Å². The third kappa shape index (κ3) is 2.85. The van der Waals surface area contributed by atoms with E-state index < -0.39 is 6.04 Å². The first-order valence-electron chi connectivity index (χ1n) is 8.69. The summed E-state index contributed by atoms with van der Waals surface area (Å²) in [5, 5.41) is 8.21. The maximum Gasteiger partial charge on any atom is 0.248 e. The van der Waals surface area contributed by atoms with Gasteiger partial charge in [-0.3, -0.25) is 14.3 Å². The van der Waals surface area contributed by atoms with Gasteiger partial charge in [-0.1, -0.05) is 18.2 Å². The predicted octanol–water partition coefficient (Wildman–Crippen LogP) is 2.34. The lowest BCUT2D eigenvalue weighted by Crippen LogP contribution is -2.41. The Hall–Kier alpha value is -3.09. The Balaban J connectivity index is 1.55. The Labute approximate surface area is 151 Å². The molecule has 1 aliphatic heterocycles. The fourth-order valence-electron chi connectivity index (χ4n) is 3.59. The number of carbonyl (C=O) groups is 2. The minimum atomic E-state index is -0.466. The van der Waals surface area contributed by atoms with Crippen molar-refractivity contribution in [2.45, 2.75) is 32.4 Å². The Morgan fingerprint density at radius 1 is 1.38 bits per heavy atom. The second kappa shape index (κ2) is 6.33. The lowest BCUT2D eigenvalue weighted by molar-refractivity contribution is -0.133. The van der Waals surface area contributed by atoms with Crippen molar-refractivity contribution in [3.8, 4) is 0 Å². The number of likely N-dealkylation sites (tertiary alicyclic amines) is 1. The summed E-state index contributed by atoms with van der Waals surface area (Å²) < 4.78 is 1.63. The van der Waals surface area contributed by atoms with E-state index in [2.05, 4.69) is 15.4 Å². The van der Waals surface area contributed by atoms with E-state index in [0.717, 1.165) is 22.2 Å². The summed E-state index contributed by atoms with van der Waals surface area (Å²) in [5.41, 5.74) is 2.88. The normalized spacial score (nSPS) is 17.2. The van der Waals surface area contributed by atoms with E-state index in [0.29, 0.717) is 25.2 Å². The van der Waals surface area contributed by atoms with E-state index in [9.17, 15) is 9.59 Å². The van der Waals surface area contributed by atoms with Crippen molar-refractivity contribution in [2.24, 2.45) is 7.05 Å². The van der Waals surface area contributed by atoms with Crippen LogP contribution in [-0.4, -0.2) is 37.5 Å². The zero-order valence-corrected chi connectivity index (χ0v) is 14.8. The van der Waals surface area contributed by atoms with Crippen LogP contribution in [0.2, 0.25) is 0 Å². The number of rotatable bonds is 4. The van der Waals surface area contributed by atoms with Crippen LogP contribution in [0, 0.1) is 6.92 Å². The molecule has 1 saturated heterocycles. The van der Waals surface area contributed by atoms with Crippen molar-refractivity contribution in [3.63, 3.8) is 0 Å². The summed E-state index contributed by atoms with van der Waals surface area (Å²) in [5.74, 6) is 0.481. The van der Waals surface area contributed by atoms with Gasteiger partial charge in [-0.25, -0.2) is 0 Å². The quantitative estimate of drug-likeness (QED) is 0.757. The molecular weight excluding hydrogens is 330 g/mol. The third-order valence-corrected chi connectivity index (χ3v) is 4.90. The van der Waals surface area contributed by atoms with E-state index in [1.54, 1.807) is 16.6 Å². The molecule has 0 radical (unpaired) electrons. The topological polar surface area (TPSA) is 83.0 Å². The number of H-pyrrole nitrogens is 1. The largest absolute Gasteiger partial charge is 0.361 e. The number of hydrogen-bond acceptors (Lipinski definition) is 3. The number of anilines is 1. The highest BCUT2D eigenvalue weighted by Gasteiger charge is 2.36. The van der Waals surface area contributed by atoms with Crippen LogP contribution in [0.1, 0.15) is 24.1 Å². The van der Waals surface area contributed by atoms with Gasteiger partial charge in [0.15, 0.2) is 0 Å². The fraction of sp³-hybridized carbons (Fsp3) is 0.316. The van der Waals surface area contributed by atoms with Crippen molar-refractivity contribution in [3.05, 3.63) is 47.8 Å². The average molecular weight is 351 g/mol. The maximum absolute atomic E-state index is 12.8. The van der Waals surface area contributed by atoms with Crippen LogP contribution in [0.25, 0.3) is 10.9 Å². The lowest BCUT2D eigenvalue weighted by Gasteiger charge is -2.24. The SMILES string of the molecule is Cc1cc(NC(=O)C2CCC(=O)N2Cc2c[nH]c3ccccc23)n(C)n1. The number of hydrogen-bond donors (Lipinski definition) is 2. The number of benzene rings is 1. The molecule has 0 aliphatic carbocycles. The van der Waals surface area contributed by atoms with Crippen LogP contribution in [-0.2, 0) is 23.2 Å². The van der Waals surface area contributed by atoms with E-state index in [-0.39, 0.29) is 11.8 Å². The minimum Gasteiger partial charge on any atom is -0.361 e. The van der Waals surface area contributed by atoms with Crippen molar-refractivity contribution >= 4 is 28.5 Å². The van der Waals surface area contributed by atoms with Crippen LogP contribution in [0.5, 0.6) is 0 Å². The summed E-state index contributed by atoms with van der Waals surface area (Å²) in [4.78, 5) is 30.1. The molecule has 3 heterocycles. The number of aromatic amines is 1. The Kier molecular flexibility index (Phi) is 3.99. The number of fused-ring (bicyclic) bond motifs is 1. The summed E-state index contributed by atoms with van der Waals surface area (Å²) in [7, 11) is 1.78. The summed E-state index contributed by atoms with van der Waals surface area (Å²) >= 11 is 0. The van der Waals surface area contributed by atoms with E-state index in [1.165, 1.54) is 0 Å². The summed E-state index contributed by atoms with van der Waals surface area (Å²) in [6.07, 6.45) is 2.84. The van der Waals surface area contributed by atoms with Gasteiger partial charge in [0.05, 0.1) is 5.69 Å². The molecule has 1 unspecified atom stereocenters. The van der Waals surface area contributed by atoms with Crippen molar-refractivity contribution < 1.29 is 9.59 Å². The molecule has 1 aromatic carbocycles. The van der Waals surface area contributed by atoms with Gasteiger partial charge in [-0.05, 0) is 25.0 Å². The predicted molar refractivity (Wildman–Crippen MR) is 98.4 cm³/mol. The zero-order valence-electron chi connectivity index (χ0n) is 14.8. The van der Waals surface area contributed by atoms with Crippen molar-refractivity contribution in [1.29, 1.82) is 0 Å². The molecular formula is C19H21N5O2.